The Bertz CT molecular complexity index is 172. The Balaban J connectivity index is 3.94. The summed E-state index contributed by atoms with van der Waals surface area (Å²) < 4.78 is 0.809. The molecule has 0 fully saturated rings. The van der Waals surface area contributed by atoms with Gasteiger partial charge in [-0.15, -0.1) is 0 Å². The molecule has 0 radical (unpaired) electrons. The van der Waals surface area contributed by atoms with E-state index in [1.165, 1.54) is 0 Å². The first-order chi connectivity index (χ1) is 4.71. The zero-order valence-electron chi connectivity index (χ0n) is 8.10. The number of aliphatic hydroxyl groups is 1. The molecule has 0 aromatic heterocycles. The maximum absolute atomic E-state index is 9.23. The zero-order valence-corrected chi connectivity index (χ0v) is 8.10. The van der Waals surface area contributed by atoms with E-state index in [1.54, 1.807) is 13.8 Å². The standard InChI is InChI=1S/C9H18NO/c1-9(2,11)7-6-8-10(3,4)5/h11H,8H2,1-5H3/q+1. The largest absolute Gasteiger partial charge is 0.378 e. The highest BCUT2D eigenvalue weighted by molar-refractivity contribution is 5.09. The number of hydrogen-bond donors (Lipinski definition) is 1. The SMILES string of the molecule is CC(C)(O)C#CC[N+](C)(C)C. The summed E-state index contributed by atoms with van der Waals surface area (Å²) in [4.78, 5) is 0. The summed E-state index contributed by atoms with van der Waals surface area (Å²) in [6, 6.07) is 0. The third-order valence-electron chi connectivity index (χ3n) is 0.948. The molecule has 0 saturated heterocycles. The van der Waals surface area contributed by atoms with Gasteiger partial charge in [-0.05, 0) is 19.8 Å². The summed E-state index contributed by atoms with van der Waals surface area (Å²) in [5.41, 5.74) is -0.852. The molecule has 1 N–H and O–H groups in total. The first-order valence-electron chi connectivity index (χ1n) is 3.74. The molecule has 0 aromatic carbocycles. The summed E-state index contributed by atoms with van der Waals surface area (Å²) in [6.45, 7) is 4.15. The Morgan fingerprint density at radius 3 is 2.00 bits per heavy atom. The van der Waals surface area contributed by atoms with Gasteiger partial charge in [0.2, 0.25) is 0 Å². The molecular formula is C9H18NO+. The van der Waals surface area contributed by atoms with Gasteiger partial charge in [0.1, 0.15) is 12.1 Å². The van der Waals surface area contributed by atoms with Crippen molar-refractivity contribution in [3.63, 3.8) is 0 Å². The van der Waals surface area contributed by atoms with Crippen LogP contribution in [0, 0.1) is 11.8 Å². The van der Waals surface area contributed by atoms with Gasteiger partial charge in [0.25, 0.3) is 0 Å². The lowest BCUT2D eigenvalue weighted by Crippen LogP contribution is -2.34. The lowest BCUT2D eigenvalue weighted by molar-refractivity contribution is -0.862. The fourth-order valence-electron chi connectivity index (χ4n) is 0.493. The topological polar surface area (TPSA) is 20.2 Å². The average Bonchev–Trinajstić information content (AvgIpc) is 1.55. The van der Waals surface area contributed by atoms with E-state index in [1.807, 2.05) is 0 Å². The van der Waals surface area contributed by atoms with Crippen molar-refractivity contribution in [2.45, 2.75) is 19.4 Å². The van der Waals surface area contributed by atoms with Crippen LogP contribution in [0.5, 0.6) is 0 Å². The monoisotopic (exact) mass is 156 g/mol. The Kier molecular flexibility index (Phi) is 3.10. The normalized spacial score (nSPS) is 12.2. The molecule has 0 bridgehead atoms. The van der Waals surface area contributed by atoms with Gasteiger partial charge in [-0.2, -0.15) is 0 Å². The summed E-state index contributed by atoms with van der Waals surface area (Å²) in [5, 5.41) is 9.23. The molecule has 0 aromatic rings. The fraction of sp³-hybridized carbons (Fsp3) is 0.778. The molecule has 0 aliphatic carbocycles. The van der Waals surface area contributed by atoms with Gasteiger partial charge in [-0.3, -0.25) is 0 Å². The van der Waals surface area contributed by atoms with Crippen LogP contribution < -0.4 is 0 Å². The van der Waals surface area contributed by atoms with E-state index >= 15 is 0 Å². The number of rotatable bonds is 1. The third-order valence-corrected chi connectivity index (χ3v) is 0.948. The van der Waals surface area contributed by atoms with Crippen molar-refractivity contribution in [3.05, 3.63) is 0 Å². The first kappa shape index (κ1) is 10.5. The number of nitrogens with zero attached hydrogens (tertiary/aromatic N) is 1. The molecule has 0 aliphatic rings. The van der Waals surface area contributed by atoms with Crippen molar-refractivity contribution < 1.29 is 9.59 Å². The van der Waals surface area contributed by atoms with Gasteiger partial charge in [0.05, 0.1) is 21.1 Å². The predicted octanol–water partition coefficient (Wildman–Crippen LogP) is 0.467. The summed E-state index contributed by atoms with van der Waals surface area (Å²) in [5.74, 6) is 5.71. The van der Waals surface area contributed by atoms with E-state index in [0.29, 0.717) is 0 Å². The van der Waals surface area contributed by atoms with Crippen LogP contribution in [0.3, 0.4) is 0 Å². The Labute approximate surface area is 69.4 Å². The van der Waals surface area contributed by atoms with Crippen LogP contribution in [0.25, 0.3) is 0 Å². The van der Waals surface area contributed by atoms with Crippen LogP contribution in [0.2, 0.25) is 0 Å². The summed E-state index contributed by atoms with van der Waals surface area (Å²) in [7, 11) is 6.21. The smallest absolute Gasteiger partial charge is 0.140 e. The molecule has 64 valence electrons. The zero-order chi connectivity index (χ0) is 9.12. The van der Waals surface area contributed by atoms with Crippen molar-refractivity contribution in [2.75, 3.05) is 27.7 Å². The summed E-state index contributed by atoms with van der Waals surface area (Å²) >= 11 is 0. The van der Waals surface area contributed by atoms with Crippen molar-refractivity contribution >= 4 is 0 Å². The molecule has 0 atom stereocenters. The highest BCUT2D eigenvalue weighted by atomic mass is 16.3. The van der Waals surface area contributed by atoms with E-state index in [2.05, 4.69) is 33.0 Å². The fourth-order valence-corrected chi connectivity index (χ4v) is 0.493. The third kappa shape index (κ3) is 9.48. The average molecular weight is 156 g/mol. The van der Waals surface area contributed by atoms with Crippen molar-refractivity contribution in [2.24, 2.45) is 0 Å². The molecule has 0 amide bonds. The van der Waals surface area contributed by atoms with Crippen LogP contribution in [0.15, 0.2) is 0 Å². The maximum Gasteiger partial charge on any atom is 0.140 e. The predicted molar refractivity (Wildman–Crippen MR) is 47.0 cm³/mol. The van der Waals surface area contributed by atoms with E-state index in [-0.39, 0.29) is 0 Å². The molecule has 0 heterocycles. The van der Waals surface area contributed by atoms with Crippen molar-refractivity contribution in [1.29, 1.82) is 0 Å². The Morgan fingerprint density at radius 2 is 1.73 bits per heavy atom. The van der Waals surface area contributed by atoms with Crippen LogP contribution >= 0.6 is 0 Å². The molecular weight excluding hydrogens is 138 g/mol. The van der Waals surface area contributed by atoms with Crippen LogP contribution in [-0.4, -0.2) is 42.9 Å². The lowest BCUT2D eigenvalue weighted by Gasteiger charge is -2.20. The molecule has 11 heavy (non-hydrogen) atoms. The summed E-state index contributed by atoms with van der Waals surface area (Å²) in [6.07, 6.45) is 0. The molecule has 2 heteroatoms. The van der Waals surface area contributed by atoms with Gasteiger partial charge in [-0.1, -0.05) is 5.92 Å². The minimum Gasteiger partial charge on any atom is -0.378 e. The number of hydrogen-bond acceptors (Lipinski definition) is 1. The first-order valence-corrected chi connectivity index (χ1v) is 3.74. The quantitative estimate of drug-likeness (QED) is 0.432. The molecule has 0 spiro atoms. The van der Waals surface area contributed by atoms with E-state index in [9.17, 15) is 5.11 Å². The molecule has 0 aliphatic heterocycles. The molecule has 0 rings (SSSR count). The van der Waals surface area contributed by atoms with Crippen molar-refractivity contribution in [1.82, 2.24) is 0 Å². The Morgan fingerprint density at radius 1 is 1.27 bits per heavy atom. The molecule has 0 saturated carbocycles. The second-order valence-corrected chi connectivity index (χ2v) is 4.31. The lowest BCUT2D eigenvalue weighted by atomic mass is 10.1. The minimum atomic E-state index is -0.852. The molecule has 0 unspecified atom stereocenters. The van der Waals surface area contributed by atoms with Gasteiger partial charge in [0, 0.05) is 0 Å². The van der Waals surface area contributed by atoms with Gasteiger partial charge >= 0.3 is 0 Å². The van der Waals surface area contributed by atoms with Gasteiger partial charge in [-0.25, -0.2) is 0 Å². The van der Waals surface area contributed by atoms with Gasteiger partial charge < -0.3 is 9.59 Å². The van der Waals surface area contributed by atoms with Crippen LogP contribution in [-0.2, 0) is 0 Å². The van der Waals surface area contributed by atoms with E-state index in [4.69, 9.17) is 0 Å². The Hall–Kier alpha value is -0.520. The van der Waals surface area contributed by atoms with E-state index < -0.39 is 5.60 Å². The highest BCUT2D eigenvalue weighted by Gasteiger charge is 2.07. The maximum atomic E-state index is 9.23. The molecule has 2 nitrogen and oxygen atoms in total. The van der Waals surface area contributed by atoms with E-state index in [0.717, 1.165) is 11.0 Å². The van der Waals surface area contributed by atoms with Gasteiger partial charge in [0.15, 0.2) is 0 Å². The second-order valence-electron chi connectivity index (χ2n) is 4.31. The second kappa shape index (κ2) is 3.25. The van der Waals surface area contributed by atoms with Crippen molar-refractivity contribution in [3.8, 4) is 11.8 Å². The van der Waals surface area contributed by atoms with Crippen LogP contribution in [0.4, 0.5) is 0 Å². The highest BCUT2D eigenvalue weighted by Crippen LogP contribution is 1.96. The van der Waals surface area contributed by atoms with Crippen LogP contribution in [0.1, 0.15) is 13.8 Å². The number of quaternary nitrogens is 1. The minimum absolute atomic E-state index is 0.768.